The fraction of sp³-hybridized carbons (Fsp3) is 0.368. The summed E-state index contributed by atoms with van der Waals surface area (Å²) in [5, 5.41) is 0. The first-order valence-corrected chi connectivity index (χ1v) is 9.86. The molecule has 0 aliphatic carbocycles. The van der Waals surface area contributed by atoms with Crippen LogP contribution in [0.1, 0.15) is 16.7 Å². The van der Waals surface area contributed by atoms with Gasteiger partial charge in [-0.1, -0.05) is 24.3 Å². The van der Waals surface area contributed by atoms with Crippen molar-refractivity contribution in [1.29, 1.82) is 0 Å². The minimum atomic E-state index is -4.50. The van der Waals surface area contributed by atoms with Crippen molar-refractivity contribution in [2.24, 2.45) is 0 Å². The minimum absolute atomic E-state index is 0.0783. The molecule has 0 spiro atoms. The quantitative estimate of drug-likeness (QED) is 0.808. The van der Waals surface area contributed by atoms with Crippen molar-refractivity contribution in [3.8, 4) is 16.9 Å². The van der Waals surface area contributed by atoms with Crippen molar-refractivity contribution in [1.82, 2.24) is 4.90 Å². The molecule has 2 aromatic rings. The Labute approximate surface area is 154 Å². The largest absolute Gasteiger partial charge is 0.446 e. The number of rotatable bonds is 5. The van der Waals surface area contributed by atoms with Crippen LogP contribution in [0.25, 0.3) is 11.1 Å². The topological polar surface area (TPSA) is 76.1 Å². The molecule has 140 valence electrons. The summed E-state index contributed by atoms with van der Waals surface area (Å²) >= 11 is 0. The molecule has 7 heteroatoms. The van der Waals surface area contributed by atoms with Gasteiger partial charge in [-0.25, -0.2) is 0 Å². The molecule has 0 unspecified atom stereocenters. The van der Waals surface area contributed by atoms with Crippen LogP contribution in [0.3, 0.4) is 0 Å². The van der Waals surface area contributed by atoms with E-state index in [4.69, 9.17) is 9.29 Å². The molecule has 0 atom stereocenters. The van der Waals surface area contributed by atoms with Gasteiger partial charge in [-0.15, -0.1) is 0 Å². The van der Waals surface area contributed by atoms with Crippen LogP contribution >= 0.6 is 0 Å². The lowest BCUT2D eigenvalue weighted by Gasteiger charge is -2.27. The van der Waals surface area contributed by atoms with E-state index in [1.807, 2.05) is 0 Å². The fourth-order valence-electron chi connectivity index (χ4n) is 3.17. The van der Waals surface area contributed by atoms with E-state index in [0.717, 1.165) is 49.5 Å². The number of aryl methyl sites for hydroxylation is 2. The van der Waals surface area contributed by atoms with Crippen molar-refractivity contribution < 1.29 is 21.9 Å². The molecule has 26 heavy (non-hydrogen) atoms. The molecule has 6 nitrogen and oxygen atoms in total. The van der Waals surface area contributed by atoms with E-state index in [2.05, 4.69) is 35.1 Å². The van der Waals surface area contributed by atoms with Gasteiger partial charge in [0.25, 0.3) is 0 Å². The van der Waals surface area contributed by atoms with Crippen molar-refractivity contribution >= 4 is 10.4 Å². The van der Waals surface area contributed by atoms with Crippen LogP contribution in [-0.2, 0) is 21.7 Å². The van der Waals surface area contributed by atoms with Gasteiger partial charge in [-0.3, -0.25) is 9.45 Å². The predicted octanol–water partition coefficient (Wildman–Crippen LogP) is 2.98. The Bertz CT molecular complexity index is 872. The van der Waals surface area contributed by atoms with E-state index in [9.17, 15) is 8.42 Å². The van der Waals surface area contributed by atoms with Crippen LogP contribution in [-0.4, -0.2) is 44.2 Å². The van der Waals surface area contributed by atoms with Crippen LogP contribution < -0.4 is 4.18 Å². The third-order valence-corrected chi connectivity index (χ3v) is 4.95. The molecule has 1 fully saturated rings. The molecule has 1 aliphatic heterocycles. The van der Waals surface area contributed by atoms with Gasteiger partial charge >= 0.3 is 10.4 Å². The summed E-state index contributed by atoms with van der Waals surface area (Å²) in [6.07, 6.45) is 0. The number of hydrogen-bond donors (Lipinski definition) is 1. The zero-order chi connectivity index (χ0) is 18.7. The number of nitrogens with zero attached hydrogens (tertiary/aromatic N) is 1. The second-order valence-electron chi connectivity index (χ2n) is 6.52. The molecule has 2 aromatic carbocycles. The molecule has 0 bridgehead atoms. The van der Waals surface area contributed by atoms with Crippen LogP contribution in [0, 0.1) is 13.8 Å². The molecule has 0 amide bonds. The Balaban J connectivity index is 1.81. The van der Waals surface area contributed by atoms with Crippen LogP contribution in [0.2, 0.25) is 0 Å². The number of morpholine rings is 1. The smallest absolute Gasteiger partial charge is 0.379 e. The predicted molar refractivity (Wildman–Crippen MR) is 99.6 cm³/mol. The van der Waals surface area contributed by atoms with Gasteiger partial charge in [-0.2, -0.15) is 8.42 Å². The molecule has 1 saturated heterocycles. The molecule has 0 saturated carbocycles. The zero-order valence-corrected chi connectivity index (χ0v) is 15.8. The van der Waals surface area contributed by atoms with Crippen LogP contribution in [0.15, 0.2) is 36.4 Å². The van der Waals surface area contributed by atoms with Gasteiger partial charge < -0.3 is 8.92 Å². The SMILES string of the molecule is Cc1cc(-c2ccc(OS(=O)(=O)O)cc2)c(C)cc1CN1CCOCC1. The maximum Gasteiger partial charge on any atom is 0.446 e. The fourth-order valence-corrected chi connectivity index (χ4v) is 3.52. The Hall–Kier alpha value is -1.93. The number of ether oxygens (including phenoxy) is 1. The van der Waals surface area contributed by atoms with E-state index < -0.39 is 10.4 Å². The van der Waals surface area contributed by atoms with Gasteiger partial charge in [-0.05, 0) is 53.8 Å². The average molecular weight is 377 g/mol. The van der Waals surface area contributed by atoms with Gasteiger partial charge in [0.2, 0.25) is 0 Å². The number of benzene rings is 2. The lowest BCUT2D eigenvalue weighted by molar-refractivity contribution is 0.0341. The second-order valence-corrected chi connectivity index (χ2v) is 7.54. The molecular formula is C19H23NO5S. The van der Waals surface area contributed by atoms with E-state index in [1.165, 1.54) is 23.3 Å². The molecule has 0 aromatic heterocycles. The lowest BCUT2D eigenvalue weighted by atomic mass is 9.94. The third kappa shape index (κ3) is 4.82. The molecular weight excluding hydrogens is 354 g/mol. The summed E-state index contributed by atoms with van der Waals surface area (Å²) in [4.78, 5) is 2.40. The van der Waals surface area contributed by atoms with Gasteiger partial charge in [0.1, 0.15) is 5.75 Å². The Kier molecular flexibility index (Phi) is 5.62. The summed E-state index contributed by atoms with van der Waals surface area (Å²) in [5.74, 6) is 0.0783. The second kappa shape index (κ2) is 7.75. The van der Waals surface area contributed by atoms with Gasteiger partial charge in [0.15, 0.2) is 0 Å². The summed E-state index contributed by atoms with van der Waals surface area (Å²) in [5.41, 5.74) is 5.73. The Morgan fingerprint density at radius 2 is 1.73 bits per heavy atom. The van der Waals surface area contributed by atoms with E-state index in [-0.39, 0.29) is 5.75 Å². The molecule has 1 aliphatic rings. The first-order chi connectivity index (χ1) is 12.3. The zero-order valence-electron chi connectivity index (χ0n) is 14.9. The van der Waals surface area contributed by atoms with Crippen molar-refractivity contribution in [2.75, 3.05) is 26.3 Å². The summed E-state index contributed by atoms with van der Waals surface area (Å²) in [6, 6.07) is 11.0. The Morgan fingerprint density at radius 1 is 1.08 bits per heavy atom. The van der Waals surface area contributed by atoms with E-state index in [1.54, 1.807) is 12.1 Å². The standard InChI is InChI=1S/C19H23NO5S/c1-14-12-19(16-3-5-18(6-4-16)25-26(21,22)23)15(2)11-17(14)13-20-7-9-24-10-8-20/h3-6,11-12H,7-10,13H2,1-2H3,(H,21,22,23). The van der Waals surface area contributed by atoms with Crippen molar-refractivity contribution in [2.45, 2.75) is 20.4 Å². The molecule has 0 radical (unpaired) electrons. The van der Waals surface area contributed by atoms with E-state index >= 15 is 0 Å². The monoisotopic (exact) mass is 377 g/mol. The van der Waals surface area contributed by atoms with Gasteiger partial charge in [0, 0.05) is 19.6 Å². The van der Waals surface area contributed by atoms with Crippen LogP contribution in [0.4, 0.5) is 0 Å². The maximum absolute atomic E-state index is 10.8. The third-order valence-electron chi connectivity index (χ3n) is 4.55. The highest BCUT2D eigenvalue weighted by atomic mass is 32.3. The first-order valence-electron chi connectivity index (χ1n) is 8.49. The van der Waals surface area contributed by atoms with Gasteiger partial charge in [0.05, 0.1) is 13.2 Å². The first kappa shape index (κ1) is 18.8. The lowest BCUT2D eigenvalue weighted by Crippen LogP contribution is -2.35. The normalized spacial score (nSPS) is 15.8. The molecule has 3 rings (SSSR count). The maximum atomic E-state index is 10.8. The summed E-state index contributed by atoms with van der Waals surface area (Å²) < 4.78 is 40.2. The summed E-state index contributed by atoms with van der Waals surface area (Å²) in [7, 11) is -4.50. The molecule has 1 heterocycles. The highest BCUT2D eigenvalue weighted by Gasteiger charge is 2.14. The van der Waals surface area contributed by atoms with Crippen molar-refractivity contribution in [3.05, 3.63) is 53.1 Å². The average Bonchev–Trinajstić information content (AvgIpc) is 2.58. The molecule has 1 N–H and O–H groups in total. The highest BCUT2D eigenvalue weighted by molar-refractivity contribution is 7.81. The van der Waals surface area contributed by atoms with Crippen LogP contribution in [0.5, 0.6) is 5.75 Å². The minimum Gasteiger partial charge on any atom is -0.379 e. The highest BCUT2D eigenvalue weighted by Crippen LogP contribution is 2.29. The Morgan fingerprint density at radius 3 is 2.35 bits per heavy atom. The van der Waals surface area contributed by atoms with E-state index in [0.29, 0.717) is 0 Å². The summed E-state index contributed by atoms with van der Waals surface area (Å²) in [6.45, 7) is 8.57. The number of hydrogen-bond acceptors (Lipinski definition) is 5. The van der Waals surface area contributed by atoms with Crippen molar-refractivity contribution in [3.63, 3.8) is 0 Å².